The Labute approximate surface area is 108 Å². The maximum atomic E-state index is 6.09. The smallest absolute Gasteiger partial charge is 0.165 e. The second kappa shape index (κ2) is 5.13. The fraction of sp³-hybridized carbons (Fsp3) is 0.182. The molecule has 0 amide bonds. The van der Waals surface area contributed by atoms with Gasteiger partial charge in [0.25, 0.3) is 0 Å². The zero-order valence-electron chi connectivity index (χ0n) is 8.63. The third-order valence-corrected chi connectivity index (χ3v) is 3.37. The standard InChI is InChI=1S/C11H10Cl2N2S/c1-16-11-14-6-9(15-11)4-7-2-3-8(12)5-10(7)13/h2-3,5-6H,4H2,1H3,(H,14,15). The van der Waals surface area contributed by atoms with E-state index in [0.29, 0.717) is 16.5 Å². The molecule has 0 saturated heterocycles. The quantitative estimate of drug-likeness (QED) is 0.855. The summed E-state index contributed by atoms with van der Waals surface area (Å²) in [5.41, 5.74) is 2.01. The molecule has 1 aromatic heterocycles. The third kappa shape index (κ3) is 2.73. The predicted octanol–water partition coefficient (Wildman–Crippen LogP) is 4.03. The second-order valence-electron chi connectivity index (χ2n) is 3.31. The number of hydrogen-bond donors (Lipinski definition) is 1. The number of nitrogens with zero attached hydrogens (tertiary/aromatic N) is 1. The van der Waals surface area contributed by atoms with Gasteiger partial charge in [-0.1, -0.05) is 41.0 Å². The van der Waals surface area contributed by atoms with Crippen LogP contribution in [0.5, 0.6) is 0 Å². The molecule has 0 saturated carbocycles. The maximum Gasteiger partial charge on any atom is 0.165 e. The van der Waals surface area contributed by atoms with Gasteiger partial charge in [-0.15, -0.1) is 0 Å². The summed E-state index contributed by atoms with van der Waals surface area (Å²) in [6.45, 7) is 0. The van der Waals surface area contributed by atoms with E-state index < -0.39 is 0 Å². The van der Waals surface area contributed by atoms with E-state index in [1.807, 2.05) is 24.6 Å². The van der Waals surface area contributed by atoms with Crippen LogP contribution in [-0.2, 0) is 6.42 Å². The number of thioether (sulfide) groups is 1. The van der Waals surface area contributed by atoms with Crippen LogP contribution in [0.3, 0.4) is 0 Å². The minimum atomic E-state index is 0.653. The van der Waals surface area contributed by atoms with Gasteiger partial charge in [-0.25, -0.2) is 4.98 Å². The van der Waals surface area contributed by atoms with Crippen LogP contribution in [0.15, 0.2) is 29.6 Å². The van der Waals surface area contributed by atoms with E-state index in [4.69, 9.17) is 23.2 Å². The number of hydrogen-bond acceptors (Lipinski definition) is 2. The number of rotatable bonds is 3. The molecule has 1 aromatic carbocycles. The summed E-state index contributed by atoms with van der Waals surface area (Å²) in [6.07, 6.45) is 4.60. The van der Waals surface area contributed by atoms with Crippen molar-refractivity contribution in [3.8, 4) is 0 Å². The molecule has 1 heterocycles. The fourth-order valence-corrected chi connectivity index (χ4v) is 2.26. The zero-order chi connectivity index (χ0) is 11.5. The van der Waals surface area contributed by atoms with Crippen LogP contribution in [0, 0.1) is 0 Å². The molecule has 2 aromatic rings. The summed E-state index contributed by atoms with van der Waals surface area (Å²) in [5.74, 6) is 0. The number of imidazole rings is 1. The first-order chi connectivity index (χ1) is 7.69. The molecule has 1 N–H and O–H groups in total. The fourth-order valence-electron chi connectivity index (χ4n) is 1.40. The van der Waals surface area contributed by atoms with Crippen molar-refractivity contribution in [1.82, 2.24) is 9.97 Å². The highest BCUT2D eigenvalue weighted by molar-refractivity contribution is 7.98. The molecule has 2 nitrogen and oxygen atoms in total. The van der Waals surface area contributed by atoms with Gasteiger partial charge in [-0.2, -0.15) is 0 Å². The van der Waals surface area contributed by atoms with Crippen LogP contribution in [0.25, 0.3) is 0 Å². The van der Waals surface area contributed by atoms with Gasteiger partial charge in [0.1, 0.15) is 0 Å². The lowest BCUT2D eigenvalue weighted by Gasteiger charge is -2.02. The Morgan fingerprint density at radius 3 is 2.81 bits per heavy atom. The van der Waals surface area contributed by atoms with E-state index in [9.17, 15) is 0 Å². The van der Waals surface area contributed by atoms with Gasteiger partial charge in [0, 0.05) is 22.7 Å². The van der Waals surface area contributed by atoms with Crippen molar-refractivity contribution in [2.45, 2.75) is 11.6 Å². The van der Waals surface area contributed by atoms with Crippen molar-refractivity contribution in [2.75, 3.05) is 6.26 Å². The summed E-state index contributed by atoms with van der Waals surface area (Å²) in [5, 5.41) is 2.25. The molecule has 0 fully saturated rings. The van der Waals surface area contributed by atoms with Crippen LogP contribution in [0.1, 0.15) is 11.3 Å². The van der Waals surface area contributed by atoms with Gasteiger partial charge in [0.15, 0.2) is 5.16 Å². The van der Waals surface area contributed by atoms with Crippen molar-refractivity contribution in [1.29, 1.82) is 0 Å². The van der Waals surface area contributed by atoms with E-state index in [2.05, 4.69) is 9.97 Å². The summed E-state index contributed by atoms with van der Waals surface area (Å²) < 4.78 is 0. The molecule has 0 spiro atoms. The van der Waals surface area contributed by atoms with Crippen LogP contribution >= 0.6 is 35.0 Å². The maximum absolute atomic E-state index is 6.09. The Hall–Kier alpha value is -0.640. The van der Waals surface area contributed by atoms with E-state index in [0.717, 1.165) is 16.4 Å². The zero-order valence-corrected chi connectivity index (χ0v) is 11.0. The van der Waals surface area contributed by atoms with Gasteiger partial charge in [0.05, 0.1) is 5.69 Å². The Morgan fingerprint density at radius 2 is 2.19 bits per heavy atom. The lowest BCUT2D eigenvalue weighted by Crippen LogP contribution is -1.89. The van der Waals surface area contributed by atoms with Crippen LogP contribution in [-0.4, -0.2) is 16.2 Å². The molecule has 5 heteroatoms. The van der Waals surface area contributed by atoms with Gasteiger partial charge >= 0.3 is 0 Å². The lowest BCUT2D eigenvalue weighted by molar-refractivity contribution is 1.01. The second-order valence-corrected chi connectivity index (χ2v) is 4.95. The Balaban J connectivity index is 2.20. The van der Waals surface area contributed by atoms with E-state index in [1.54, 1.807) is 17.8 Å². The van der Waals surface area contributed by atoms with Gasteiger partial charge < -0.3 is 4.98 Å². The molecule has 0 aliphatic carbocycles. The molecular weight excluding hydrogens is 263 g/mol. The molecule has 0 bridgehead atoms. The average molecular weight is 273 g/mol. The first-order valence-corrected chi connectivity index (χ1v) is 6.69. The minimum absolute atomic E-state index is 0.653. The largest absolute Gasteiger partial charge is 0.339 e. The molecule has 84 valence electrons. The molecule has 0 aliphatic rings. The average Bonchev–Trinajstić information content (AvgIpc) is 2.70. The Morgan fingerprint density at radius 1 is 1.38 bits per heavy atom. The lowest BCUT2D eigenvalue weighted by atomic mass is 10.1. The first kappa shape index (κ1) is 11.8. The Bertz CT molecular complexity index is 496. The summed E-state index contributed by atoms with van der Waals surface area (Å²) in [4.78, 5) is 7.49. The molecule has 16 heavy (non-hydrogen) atoms. The monoisotopic (exact) mass is 272 g/mol. The normalized spacial score (nSPS) is 10.7. The predicted molar refractivity (Wildman–Crippen MR) is 69.6 cm³/mol. The van der Waals surface area contributed by atoms with Crippen molar-refractivity contribution in [2.24, 2.45) is 0 Å². The Kier molecular flexibility index (Phi) is 3.79. The highest BCUT2D eigenvalue weighted by Crippen LogP contribution is 2.23. The number of H-pyrrole nitrogens is 1. The van der Waals surface area contributed by atoms with E-state index in [1.165, 1.54) is 0 Å². The van der Waals surface area contributed by atoms with Crippen molar-refractivity contribution < 1.29 is 0 Å². The SMILES string of the molecule is CSc1nc(Cc2ccc(Cl)cc2Cl)c[nH]1. The van der Waals surface area contributed by atoms with Crippen molar-refractivity contribution in [3.05, 3.63) is 45.7 Å². The van der Waals surface area contributed by atoms with Crippen LogP contribution < -0.4 is 0 Å². The number of aromatic amines is 1. The summed E-state index contributed by atoms with van der Waals surface area (Å²) in [7, 11) is 0. The van der Waals surface area contributed by atoms with Crippen molar-refractivity contribution >= 4 is 35.0 Å². The molecule has 0 unspecified atom stereocenters. The topological polar surface area (TPSA) is 28.7 Å². The molecule has 0 radical (unpaired) electrons. The minimum Gasteiger partial charge on any atom is -0.339 e. The number of nitrogens with one attached hydrogen (secondary N) is 1. The van der Waals surface area contributed by atoms with Gasteiger partial charge in [-0.05, 0) is 24.0 Å². The van der Waals surface area contributed by atoms with E-state index >= 15 is 0 Å². The number of benzene rings is 1. The molecule has 0 atom stereocenters. The first-order valence-electron chi connectivity index (χ1n) is 4.71. The molecule has 0 aliphatic heterocycles. The van der Waals surface area contributed by atoms with Crippen LogP contribution in [0.2, 0.25) is 10.0 Å². The molecular formula is C11H10Cl2N2S. The third-order valence-electron chi connectivity index (χ3n) is 2.19. The highest BCUT2D eigenvalue weighted by atomic mass is 35.5. The van der Waals surface area contributed by atoms with Crippen LogP contribution in [0.4, 0.5) is 0 Å². The molecule has 2 rings (SSSR count). The summed E-state index contributed by atoms with van der Waals surface area (Å²) in [6, 6.07) is 5.52. The number of aromatic nitrogens is 2. The summed E-state index contributed by atoms with van der Waals surface area (Å²) >= 11 is 13.5. The highest BCUT2D eigenvalue weighted by Gasteiger charge is 2.05. The number of halogens is 2. The van der Waals surface area contributed by atoms with Gasteiger partial charge in [-0.3, -0.25) is 0 Å². The van der Waals surface area contributed by atoms with Crippen molar-refractivity contribution in [3.63, 3.8) is 0 Å². The van der Waals surface area contributed by atoms with E-state index in [-0.39, 0.29) is 0 Å². The van der Waals surface area contributed by atoms with Gasteiger partial charge in [0.2, 0.25) is 0 Å².